The largest absolute Gasteiger partial charge is 0.494 e. The van der Waals surface area contributed by atoms with Gasteiger partial charge in [0.1, 0.15) is 5.75 Å². The van der Waals surface area contributed by atoms with E-state index in [1.54, 1.807) is 24.1 Å². The maximum atomic E-state index is 12.9. The number of hydrogen-bond acceptors (Lipinski definition) is 4. The van der Waals surface area contributed by atoms with Gasteiger partial charge in [0.25, 0.3) is 0 Å². The number of amides is 1. The molecular formula is C21H31NO4. The van der Waals surface area contributed by atoms with Crippen LogP contribution in [-0.4, -0.2) is 32.6 Å². The SMILES string of the molecule is CCCCOc1ccc(N(C)C(=O)C2CCC(C)CC2)c(C(=O)OC)c1. The summed E-state index contributed by atoms with van der Waals surface area (Å²) >= 11 is 0. The molecule has 1 aromatic rings. The van der Waals surface area contributed by atoms with Gasteiger partial charge in [-0.2, -0.15) is 0 Å². The lowest BCUT2D eigenvalue weighted by Crippen LogP contribution is -2.35. The number of ether oxygens (including phenoxy) is 2. The number of esters is 1. The number of nitrogens with zero attached hydrogens (tertiary/aromatic N) is 1. The summed E-state index contributed by atoms with van der Waals surface area (Å²) in [6.07, 6.45) is 5.98. The molecule has 1 aliphatic carbocycles. The predicted molar refractivity (Wildman–Crippen MR) is 103 cm³/mol. The zero-order valence-corrected chi connectivity index (χ0v) is 16.4. The summed E-state index contributed by atoms with van der Waals surface area (Å²) in [7, 11) is 3.08. The molecule has 0 unspecified atom stereocenters. The molecule has 0 atom stereocenters. The number of unbranched alkanes of at least 4 members (excludes halogenated alkanes) is 1. The van der Waals surface area contributed by atoms with Gasteiger partial charge in [-0.3, -0.25) is 4.79 Å². The van der Waals surface area contributed by atoms with Crippen molar-refractivity contribution in [1.82, 2.24) is 0 Å². The first kappa shape index (κ1) is 20.3. The Morgan fingerprint density at radius 1 is 1.19 bits per heavy atom. The maximum absolute atomic E-state index is 12.9. The first-order valence-corrected chi connectivity index (χ1v) is 9.60. The molecule has 1 fully saturated rings. The monoisotopic (exact) mass is 361 g/mol. The Bertz CT molecular complexity index is 620. The molecule has 0 spiro atoms. The third-order valence-electron chi connectivity index (χ3n) is 5.20. The van der Waals surface area contributed by atoms with Crippen LogP contribution in [0.2, 0.25) is 0 Å². The summed E-state index contributed by atoms with van der Waals surface area (Å²) in [5.41, 5.74) is 0.935. The Morgan fingerprint density at radius 3 is 2.50 bits per heavy atom. The second kappa shape index (κ2) is 9.60. The van der Waals surface area contributed by atoms with Gasteiger partial charge in [0, 0.05) is 13.0 Å². The standard InChI is InChI=1S/C21H31NO4/c1-5-6-13-26-17-11-12-19(18(14-17)21(24)25-4)22(3)20(23)16-9-7-15(2)8-10-16/h11-12,14-16H,5-10,13H2,1-4H3. The van der Waals surface area contributed by atoms with Crippen molar-refractivity contribution >= 4 is 17.6 Å². The lowest BCUT2D eigenvalue weighted by atomic mass is 9.82. The molecule has 1 saturated carbocycles. The topological polar surface area (TPSA) is 55.8 Å². The van der Waals surface area contributed by atoms with Gasteiger partial charge in [-0.1, -0.05) is 20.3 Å². The minimum Gasteiger partial charge on any atom is -0.494 e. The Balaban J connectivity index is 2.20. The average molecular weight is 361 g/mol. The van der Waals surface area contributed by atoms with Gasteiger partial charge < -0.3 is 14.4 Å². The van der Waals surface area contributed by atoms with Crippen molar-refractivity contribution in [2.24, 2.45) is 11.8 Å². The number of rotatable bonds is 7. The van der Waals surface area contributed by atoms with Crippen molar-refractivity contribution in [3.63, 3.8) is 0 Å². The molecule has 1 amide bonds. The van der Waals surface area contributed by atoms with E-state index in [0.29, 0.717) is 29.5 Å². The zero-order chi connectivity index (χ0) is 19.1. The summed E-state index contributed by atoms with van der Waals surface area (Å²) in [6.45, 7) is 4.93. The van der Waals surface area contributed by atoms with Crippen LogP contribution in [0.25, 0.3) is 0 Å². The van der Waals surface area contributed by atoms with Gasteiger partial charge in [-0.25, -0.2) is 4.79 Å². The molecule has 144 valence electrons. The molecule has 0 heterocycles. The van der Waals surface area contributed by atoms with E-state index in [9.17, 15) is 9.59 Å². The van der Waals surface area contributed by atoms with Gasteiger partial charge in [0.15, 0.2) is 0 Å². The highest BCUT2D eigenvalue weighted by atomic mass is 16.5. The molecule has 2 rings (SSSR count). The summed E-state index contributed by atoms with van der Waals surface area (Å²) in [5.74, 6) is 0.950. The van der Waals surface area contributed by atoms with Gasteiger partial charge in [0.2, 0.25) is 5.91 Å². The first-order chi connectivity index (χ1) is 12.5. The van der Waals surface area contributed by atoms with Crippen molar-refractivity contribution in [3.05, 3.63) is 23.8 Å². The van der Waals surface area contributed by atoms with Crippen molar-refractivity contribution in [2.45, 2.75) is 52.4 Å². The second-order valence-electron chi connectivity index (χ2n) is 7.23. The highest BCUT2D eigenvalue weighted by Crippen LogP contribution is 2.32. The fraction of sp³-hybridized carbons (Fsp3) is 0.619. The molecule has 1 aromatic carbocycles. The lowest BCUT2D eigenvalue weighted by Gasteiger charge is -2.29. The van der Waals surface area contributed by atoms with Crippen LogP contribution in [0.15, 0.2) is 18.2 Å². The van der Waals surface area contributed by atoms with Crippen molar-refractivity contribution in [3.8, 4) is 5.75 Å². The van der Waals surface area contributed by atoms with E-state index in [0.717, 1.165) is 38.5 Å². The van der Waals surface area contributed by atoms with E-state index >= 15 is 0 Å². The Hall–Kier alpha value is -2.04. The number of carbonyl (C=O) groups is 2. The average Bonchev–Trinajstić information content (AvgIpc) is 2.67. The normalized spacial score (nSPS) is 19.7. The molecule has 0 saturated heterocycles. The van der Waals surface area contributed by atoms with Crippen molar-refractivity contribution in [2.75, 3.05) is 25.7 Å². The first-order valence-electron chi connectivity index (χ1n) is 9.60. The Labute approximate surface area is 156 Å². The molecule has 0 N–H and O–H groups in total. The van der Waals surface area contributed by atoms with E-state index in [1.165, 1.54) is 7.11 Å². The number of methoxy groups -OCH3 is 1. The highest BCUT2D eigenvalue weighted by molar-refractivity contribution is 6.03. The summed E-state index contributed by atoms with van der Waals surface area (Å²) in [5, 5.41) is 0. The van der Waals surface area contributed by atoms with Crippen LogP contribution in [0.3, 0.4) is 0 Å². The summed E-state index contributed by atoms with van der Waals surface area (Å²) < 4.78 is 10.6. The quantitative estimate of drug-likeness (QED) is 0.532. The van der Waals surface area contributed by atoms with Gasteiger partial charge in [-0.05, 0) is 56.2 Å². The third kappa shape index (κ3) is 4.99. The molecule has 26 heavy (non-hydrogen) atoms. The van der Waals surface area contributed by atoms with Crippen LogP contribution in [0.4, 0.5) is 5.69 Å². The van der Waals surface area contributed by atoms with E-state index < -0.39 is 5.97 Å². The predicted octanol–water partition coefficient (Wildman–Crippen LogP) is 4.44. The molecule has 0 aliphatic heterocycles. The fourth-order valence-electron chi connectivity index (χ4n) is 3.40. The van der Waals surface area contributed by atoms with Gasteiger partial charge in [0.05, 0.1) is 25.0 Å². The molecule has 1 aliphatic rings. The minimum absolute atomic E-state index is 0.0298. The van der Waals surface area contributed by atoms with Crippen LogP contribution in [0, 0.1) is 11.8 Å². The zero-order valence-electron chi connectivity index (χ0n) is 16.4. The lowest BCUT2D eigenvalue weighted by molar-refractivity contribution is -0.123. The van der Waals surface area contributed by atoms with Gasteiger partial charge >= 0.3 is 5.97 Å². The molecule has 5 heteroatoms. The van der Waals surface area contributed by atoms with Crippen LogP contribution >= 0.6 is 0 Å². The van der Waals surface area contributed by atoms with Crippen molar-refractivity contribution in [1.29, 1.82) is 0 Å². The molecule has 5 nitrogen and oxygen atoms in total. The fourth-order valence-corrected chi connectivity index (χ4v) is 3.40. The van der Waals surface area contributed by atoms with Crippen LogP contribution < -0.4 is 9.64 Å². The van der Waals surface area contributed by atoms with E-state index in [1.807, 2.05) is 6.07 Å². The second-order valence-corrected chi connectivity index (χ2v) is 7.23. The van der Waals surface area contributed by atoms with Crippen molar-refractivity contribution < 1.29 is 19.1 Å². The maximum Gasteiger partial charge on any atom is 0.340 e. The van der Waals surface area contributed by atoms with Crippen LogP contribution in [0.1, 0.15) is 62.7 Å². The van der Waals surface area contributed by atoms with Crippen LogP contribution in [0.5, 0.6) is 5.75 Å². The minimum atomic E-state index is -0.460. The number of benzene rings is 1. The number of hydrogen-bond donors (Lipinski definition) is 0. The van der Waals surface area contributed by atoms with Gasteiger partial charge in [-0.15, -0.1) is 0 Å². The molecule has 0 aromatic heterocycles. The Morgan fingerprint density at radius 2 is 1.88 bits per heavy atom. The molecule has 0 bridgehead atoms. The van der Waals surface area contributed by atoms with E-state index in [2.05, 4.69) is 13.8 Å². The molecule has 0 radical (unpaired) electrons. The van der Waals surface area contributed by atoms with Crippen LogP contribution in [-0.2, 0) is 9.53 Å². The van der Waals surface area contributed by atoms with E-state index in [-0.39, 0.29) is 11.8 Å². The highest BCUT2D eigenvalue weighted by Gasteiger charge is 2.29. The molecular weight excluding hydrogens is 330 g/mol. The summed E-state index contributed by atoms with van der Waals surface area (Å²) in [6, 6.07) is 5.25. The number of carbonyl (C=O) groups excluding carboxylic acids is 2. The smallest absolute Gasteiger partial charge is 0.340 e. The summed E-state index contributed by atoms with van der Waals surface area (Å²) in [4.78, 5) is 26.8. The Kier molecular flexibility index (Phi) is 7.49. The number of anilines is 1. The van der Waals surface area contributed by atoms with E-state index in [4.69, 9.17) is 9.47 Å². The third-order valence-corrected chi connectivity index (χ3v) is 5.20.